The van der Waals surface area contributed by atoms with Gasteiger partial charge in [0.25, 0.3) is 0 Å². The summed E-state index contributed by atoms with van der Waals surface area (Å²) in [5, 5.41) is 9.71. The van der Waals surface area contributed by atoms with Crippen LogP contribution < -0.4 is 4.74 Å². The smallest absolute Gasteiger partial charge is 0.119 e. The molecule has 0 saturated heterocycles. The van der Waals surface area contributed by atoms with Crippen molar-refractivity contribution in [3.05, 3.63) is 29.3 Å². The highest BCUT2D eigenvalue weighted by molar-refractivity contribution is 5.39. The Kier molecular flexibility index (Phi) is 4.61. The molecule has 0 aliphatic heterocycles. The third-order valence-corrected chi connectivity index (χ3v) is 3.11. The van der Waals surface area contributed by atoms with E-state index in [1.54, 1.807) is 0 Å². The molecule has 1 aromatic carbocycles. The quantitative estimate of drug-likeness (QED) is 0.789. The number of rotatable bonds is 6. The number of hydrogen-bond donors (Lipinski definition) is 1. The predicted octanol–water partition coefficient (Wildman–Crippen LogP) is 2.72. The number of aliphatic hydroxyl groups is 1. The number of aryl methyl sites for hydroxylation is 1. The van der Waals surface area contributed by atoms with Crippen molar-refractivity contribution in [1.82, 2.24) is 0 Å². The zero-order chi connectivity index (χ0) is 13.0. The third-order valence-electron chi connectivity index (χ3n) is 3.11. The molecule has 1 aromatic rings. The van der Waals surface area contributed by atoms with E-state index < -0.39 is 0 Å². The van der Waals surface area contributed by atoms with E-state index in [9.17, 15) is 5.11 Å². The highest BCUT2D eigenvalue weighted by Crippen LogP contribution is 2.33. The van der Waals surface area contributed by atoms with Crippen molar-refractivity contribution in [1.29, 1.82) is 0 Å². The number of hydrogen-bond acceptors (Lipinski definition) is 3. The fourth-order valence-corrected chi connectivity index (χ4v) is 2.20. The summed E-state index contributed by atoms with van der Waals surface area (Å²) in [7, 11) is 0. The van der Waals surface area contributed by atoms with E-state index in [4.69, 9.17) is 9.47 Å². The molecule has 0 fully saturated rings. The average molecular weight is 250 g/mol. The average Bonchev–Trinajstić information content (AvgIpc) is 2.70. The van der Waals surface area contributed by atoms with Crippen molar-refractivity contribution < 1.29 is 14.6 Å². The maximum atomic E-state index is 9.71. The van der Waals surface area contributed by atoms with E-state index in [-0.39, 0.29) is 6.10 Å². The second-order valence-corrected chi connectivity index (χ2v) is 5.23. The molecule has 0 amide bonds. The molecule has 3 nitrogen and oxygen atoms in total. The fourth-order valence-electron chi connectivity index (χ4n) is 2.20. The Morgan fingerprint density at radius 2 is 2.17 bits per heavy atom. The van der Waals surface area contributed by atoms with E-state index in [2.05, 4.69) is 13.8 Å². The lowest BCUT2D eigenvalue weighted by atomic mass is 10.1. The first-order chi connectivity index (χ1) is 8.66. The molecular weight excluding hydrogens is 228 g/mol. The van der Waals surface area contributed by atoms with Gasteiger partial charge in [-0.25, -0.2) is 0 Å². The summed E-state index contributed by atoms with van der Waals surface area (Å²) in [6, 6.07) is 5.93. The van der Waals surface area contributed by atoms with Crippen LogP contribution in [0.5, 0.6) is 5.75 Å². The molecule has 1 aliphatic rings. The summed E-state index contributed by atoms with van der Waals surface area (Å²) >= 11 is 0. The van der Waals surface area contributed by atoms with E-state index in [1.165, 1.54) is 5.56 Å². The standard InChI is InChI=1S/C15H22O3/c1-11(2)10-17-7-8-18-13-4-5-14-12(9-13)3-6-15(14)16/h4-5,9,11,15-16H,3,6-8,10H2,1-2H3/t15-/m1/s1. The van der Waals surface area contributed by atoms with Crippen molar-refractivity contribution in [2.24, 2.45) is 5.92 Å². The van der Waals surface area contributed by atoms with Gasteiger partial charge < -0.3 is 14.6 Å². The minimum absolute atomic E-state index is 0.288. The van der Waals surface area contributed by atoms with Crippen molar-refractivity contribution in [2.75, 3.05) is 19.8 Å². The lowest BCUT2D eigenvalue weighted by molar-refractivity contribution is 0.0819. The van der Waals surface area contributed by atoms with E-state index in [1.807, 2.05) is 18.2 Å². The first-order valence-electron chi connectivity index (χ1n) is 6.68. The molecule has 1 aliphatic carbocycles. The van der Waals surface area contributed by atoms with Crippen LogP contribution in [-0.2, 0) is 11.2 Å². The lowest BCUT2D eigenvalue weighted by Crippen LogP contribution is -2.10. The molecule has 18 heavy (non-hydrogen) atoms. The molecular formula is C15H22O3. The van der Waals surface area contributed by atoms with Gasteiger partial charge in [-0.1, -0.05) is 19.9 Å². The molecule has 0 saturated carbocycles. The van der Waals surface area contributed by atoms with Crippen LogP contribution in [0.1, 0.15) is 37.5 Å². The summed E-state index contributed by atoms with van der Waals surface area (Å²) in [5.41, 5.74) is 2.27. The van der Waals surface area contributed by atoms with Gasteiger partial charge in [-0.15, -0.1) is 0 Å². The SMILES string of the molecule is CC(C)COCCOc1ccc2c(c1)CC[C@H]2O. The molecule has 0 unspecified atom stereocenters. The number of benzene rings is 1. The molecule has 0 aromatic heterocycles. The van der Waals surface area contributed by atoms with Gasteiger partial charge >= 0.3 is 0 Å². The Balaban J connectivity index is 1.77. The minimum atomic E-state index is -0.288. The highest BCUT2D eigenvalue weighted by Gasteiger charge is 2.20. The second kappa shape index (κ2) is 6.21. The van der Waals surface area contributed by atoms with Crippen LogP contribution in [0.4, 0.5) is 0 Å². The monoisotopic (exact) mass is 250 g/mol. The van der Waals surface area contributed by atoms with Crippen LogP contribution in [0.2, 0.25) is 0 Å². The molecule has 1 N–H and O–H groups in total. The fraction of sp³-hybridized carbons (Fsp3) is 0.600. The van der Waals surface area contributed by atoms with Gasteiger partial charge in [0, 0.05) is 6.61 Å². The Bertz CT molecular complexity index is 387. The maximum absolute atomic E-state index is 9.71. The largest absolute Gasteiger partial charge is 0.491 e. The van der Waals surface area contributed by atoms with Crippen LogP contribution >= 0.6 is 0 Å². The highest BCUT2D eigenvalue weighted by atomic mass is 16.5. The van der Waals surface area contributed by atoms with E-state index >= 15 is 0 Å². The van der Waals surface area contributed by atoms with Crippen molar-refractivity contribution in [3.63, 3.8) is 0 Å². The van der Waals surface area contributed by atoms with E-state index in [0.717, 1.165) is 30.8 Å². The summed E-state index contributed by atoms with van der Waals surface area (Å²) in [6.45, 7) is 6.24. The molecule has 0 radical (unpaired) electrons. The second-order valence-electron chi connectivity index (χ2n) is 5.23. The molecule has 3 heteroatoms. The molecule has 0 heterocycles. The Labute approximate surface area is 109 Å². The zero-order valence-corrected chi connectivity index (χ0v) is 11.2. The Hall–Kier alpha value is -1.06. The molecule has 100 valence electrons. The Morgan fingerprint density at radius 3 is 2.94 bits per heavy atom. The lowest BCUT2D eigenvalue weighted by Gasteiger charge is -2.10. The number of ether oxygens (including phenoxy) is 2. The number of fused-ring (bicyclic) bond motifs is 1. The van der Waals surface area contributed by atoms with Crippen LogP contribution in [-0.4, -0.2) is 24.9 Å². The summed E-state index contributed by atoms with van der Waals surface area (Å²) in [6.07, 6.45) is 1.48. The normalized spacial score (nSPS) is 18.1. The van der Waals surface area contributed by atoms with Gasteiger partial charge in [0.05, 0.1) is 12.7 Å². The van der Waals surface area contributed by atoms with Crippen LogP contribution in [0.3, 0.4) is 0 Å². The summed E-state index contributed by atoms with van der Waals surface area (Å²) in [5.74, 6) is 1.43. The minimum Gasteiger partial charge on any atom is -0.491 e. The summed E-state index contributed by atoms with van der Waals surface area (Å²) < 4.78 is 11.1. The third kappa shape index (κ3) is 3.47. The topological polar surface area (TPSA) is 38.7 Å². The molecule has 0 spiro atoms. The first-order valence-corrected chi connectivity index (χ1v) is 6.68. The molecule has 1 atom stereocenters. The predicted molar refractivity (Wildman–Crippen MR) is 70.9 cm³/mol. The van der Waals surface area contributed by atoms with Gasteiger partial charge in [-0.2, -0.15) is 0 Å². The first kappa shape index (κ1) is 13.4. The summed E-state index contributed by atoms with van der Waals surface area (Å²) in [4.78, 5) is 0. The van der Waals surface area contributed by atoms with Gasteiger partial charge in [-0.05, 0) is 42.0 Å². The van der Waals surface area contributed by atoms with Crippen LogP contribution in [0, 0.1) is 5.92 Å². The van der Waals surface area contributed by atoms with Crippen LogP contribution in [0.15, 0.2) is 18.2 Å². The van der Waals surface area contributed by atoms with Gasteiger partial charge in [0.15, 0.2) is 0 Å². The van der Waals surface area contributed by atoms with Gasteiger partial charge in [0.1, 0.15) is 12.4 Å². The molecule has 2 rings (SSSR count). The van der Waals surface area contributed by atoms with E-state index in [0.29, 0.717) is 19.1 Å². The van der Waals surface area contributed by atoms with Crippen molar-refractivity contribution >= 4 is 0 Å². The molecule has 0 bridgehead atoms. The van der Waals surface area contributed by atoms with Crippen molar-refractivity contribution in [3.8, 4) is 5.75 Å². The van der Waals surface area contributed by atoms with Crippen molar-refractivity contribution in [2.45, 2.75) is 32.8 Å². The Morgan fingerprint density at radius 1 is 1.33 bits per heavy atom. The maximum Gasteiger partial charge on any atom is 0.119 e. The number of aliphatic hydroxyl groups excluding tert-OH is 1. The van der Waals surface area contributed by atoms with Gasteiger partial charge in [-0.3, -0.25) is 0 Å². The zero-order valence-electron chi connectivity index (χ0n) is 11.2. The van der Waals surface area contributed by atoms with Gasteiger partial charge in [0.2, 0.25) is 0 Å². The van der Waals surface area contributed by atoms with Crippen LogP contribution in [0.25, 0.3) is 0 Å².